The summed E-state index contributed by atoms with van der Waals surface area (Å²) in [6.07, 6.45) is 4.33. The SMILES string of the molecule is CCCN1CCC(Nc2nc(NC)ncc2[N+](=O)[O-])CC1. The fourth-order valence-corrected chi connectivity index (χ4v) is 2.55. The van der Waals surface area contributed by atoms with Gasteiger partial charge in [-0.2, -0.15) is 4.98 Å². The molecule has 1 aliphatic rings. The molecule has 1 fully saturated rings. The maximum Gasteiger partial charge on any atom is 0.329 e. The third kappa shape index (κ3) is 4.01. The first-order chi connectivity index (χ1) is 10.1. The summed E-state index contributed by atoms with van der Waals surface area (Å²) in [5, 5.41) is 17.1. The highest BCUT2D eigenvalue weighted by atomic mass is 16.6. The van der Waals surface area contributed by atoms with Crippen LogP contribution in [0.25, 0.3) is 0 Å². The van der Waals surface area contributed by atoms with Crippen molar-refractivity contribution in [1.82, 2.24) is 14.9 Å². The van der Waals surface area contributed by atoms with E-state index in [1.165, 1.54) is 6.20 Å². The minimum absolute atomic E-state index is 0.0787. The lowest BCUT2D eigenvalue weighted by Crippen LogP contribution is -2.39. The predicted octanol–water partition coefficient (Wildman–Crippen LogP) is 1.71. The van der Waals surface area contributed by atoms with E-state index in [-0.39, 0.29) is 11.7 Å². The first-order valence-corrected chi connectivity index (χ1v) is 7.32. The van der Waals surface area contributed by atoms with E-state index in [2.05, 4.69) is 32.4 Å². The molecule has 0 atom stereocenters. The second-order valence-corrected chi connectivity index (χ2v) is 5.19. The number of nitrogens with zero attached hydrogens (tertiary/aromatic N) is 4. The molecule has 0 radical (unpaired) electrons. The zero-order valence-corrected chi connectivity index (χ0v) is 12.5. The van der Waals surface area contributed by atoms with Crippen molar-refractivity contribution in [2.45, 2.75) is 32.2 Å². The number of nitrogens with one attached hydrogen (secondary N) is 2. The number of rotatable bonds is 6. The van der Waals surface area contributed by atoms with Gasteiger partial charge in [0.1, 0.15) is 6.20 Å². The van der Waals surface area contributed by atoms with Crippen LogP contribution in [0.4, 0.5) is 17.5 Å². The van der Waals surface area contributed by atoms with E-state index in [0.717, 1.165) is 38.9 Å². The average Bonchev–Trinajstić information content (AvgIpc) is 2.49. The van der Waals surface area contributed by atoms with Crippen molar-refractivity contribution in [3.8, 4) is 0 Å². The fourth-order valence-electron chi connectivity index (χ4n) is 2.55. The van der Waals surface area contributed by atoms with Crippen molar-refractivity contribution in [2.24, 2.45) is 0 Å². The van der Waals surface area contributed by atoms with Crippen molar-refractivity contribution < 1.29 is 4.92 Å². The number of aromatic nitrogens is 2. The van der Waals surface area contributed by atoms with E-state index in [1.54, 1.807) is 7.05 Å². The number of piperidine rings is 1. The van der Waals surface area contributed by atoms with Gasteiger partial charge in [-0.15, -0.1) is 0 Å². The molecule has 1 aliphatic heterocycles. The summed E-state index contributed by atoms with van der Waals surface area (Å²) in [6, 6.07) is 0.219. The average molecular weight is 294 g/mol. The maximum atomic E-state index is 11.1. The second-order valence-electron chi connectivity index (χ2n) is 5.19. The molecule has 0 amide bonds. The lowest BCUT2D eigenvalue weighted by Gasteiger charge is -2.32. The van der Waals surface area contributed by atoms with Gasteiger partial charge in [0.2, 0.25) is 11.8 Å². The van der Waals surface area contributed by atoms with E-state index in [4.69, 9.17) is 0 Å². The van der Waals surface area contributed by atoms with Gasteiger partial charge >= 0.3 is 5.69 Å². The molecule has 1 aromatic rings. The summed E-state index contributed by atoms with van der Waals surface area (Å²) in [5.74, 6) is 0.680. The first-order valence-electron chi connectivity index (χ1n) is 7.32. The van der Waals surface area contributed by atoms with Crippen molar-refractivity contribution in [2.75, 3.05) is 37.3 Å². The van der Waals surface area contributed by atoms with Gasteiger partial charge in [0.25, 0.3) is 0 Å². The molecule has 0 aliphatic carbocycles. The molecule has 1 aromatic heterocycles. The van der Waals surface area contributed by atoms with Gasteiger partial charge in [0.15, 0.2) is 0 Å². The monoisotopic (exact) mass is 294 g/mol. The van der Waals surface area contributed by atoms with Crippen LogP contribution in [0.2, 0.25) is 0 Å². The number of likely N-dealkylation sites (tertiary alicyclic amines) is 1. The molecule has 116 valence electrons. The minimum Gasteiger partial charge on any atom is -0.361 e. The predicted molar refractivity (Wildman–Crippen MR) is 81.6 cm³/mol. The normalized spacial score (nSPS) is 16.7. The first kappa shape index (κ1) is 15.4. The summed E-state index contributed by atoms with van der Waals surface area (Å²) in [7, 11) is 1.69. The molecule has 8 heteroatoms. The second kappa shape index (κ2) is 7.16. The van der Waals surface area contributed by atoms with E-state index in [9.17, 15) is 10.1 Å². The number of hydrogen-bond acceptors (Lipinski definition) is 7. The summed E-state index contributed by atoms with van der Waals surface area (Å²) < 4.78 is 0. The van der Waals surface area contributed by atoms with Gasteiger partial charge in [-0.3, -0.25) is 10.1 Å². The highest BCUT2D eigenvalue weighted by Crippen LogP contribution is 2.24. The Bertz CT molecular complexity index is 488. The standard InChI is InChI=1S/C13H22N6O2/c1-3-6-18-7-4-10(5-8-18)16-12-11(19(20)21)9-15-13(14-2)17-12/h9-10H,3-8H2,1-2H3,(H2,14,15,16,17). The van der Waals surface area contributed by atoms with Crippen LogP contribution in [0.1, 0.15) is 26.2 Å². The smallest absolute Gasteiger partial charge is 0.329 e. The molecule has 0 unspecified atom stereocenters. The molecule has 21 heavy (non-hydrogen) atoms. The van der Waals surface area contributed by atoms with Gasteiger partial charge in [-0.25, -0.2) is 4.98 Å². The molecular formula is C13H22N6O2. The number of hydrogen-bond donors (Lipinski definition) is 2. The third-order valence-electron chi connectivity index (χ3n) is 3.66. The van der Waals surface area contributed by atoms with Crippen molar-refractivity contribution in [3.63, 3.8) is 0 Å². The maximum absolute atomic E-state index is 11.1. The Balaban J connectivity index is 2.03. The fraction of sp³-hybridized carbons (Fsp3) is 0.692. The summed E-state index contributed by atoms with van der Waals surface area (Å²) in [6.45, 7) is 5.32. The van der Waals surface area contributed by atoms with Crippen LogP contribution in [0, 0.1) is 10.1 Å². The minimum atomic E-state index is -0.450. The molecule has 0 spiro atoms. The number of anilines is 2. The zero-order chi connectivity index (χ0) is 15.2. The highest BCUT2D eigenvalue weighted by molar-refractivity contribution is 5.57. The van der Waals surface area contributed by atoms with Gasteiger partial charge < -0.3 is 15.5 Å². The Hall–Kier alpha value is -1.96. The van der Waals surface area contributed by atoms with Gasteiger partial charge in [0.05, 0.1) is 4.92 Å². The topological polar surface area (TPSA) is 96.2 Å². The van der Waals surface area contributed by atoms with Gasteiger partial charge in [0, 0.05) is 26.2 Å². The summed E-state index contributed by atoms with van der Waals surface area (Å²) in [4.78, 5) is 21.1. The van der Waals surface area contributed by atoms with Crippen LogP contribution in [0.15, 0.2) is 6.20 Å². The molecule has 1 saturated heterocycles. The van der Waals surface area contributed by atoms with Crippen molar-refractivity contribution in [1.29, 1.82) is 0 Å². The third-order valence-corrected chi connectivity index (χ3v) is 3.66. The van der Waals surface area contributed by atoms with Crippen molar-refractivity contribution >= 4 is 17.5 Å². The van der Waals surface area contributed by atoms with Gasteiger partial charge in [-0.1, -0.05) is 6.92 Å². The summed E-state index contributed by atoms with van der Waals surface area (Å²) in [5.41, 5.74) is -0.0787. The van der Waals surface area contributed by atoms with E-state index >= 15 is 0 Å². The van der Waals surface area contributed by atoms with Crippen LogP contribution in [-0.2, 0) is 0 Å². The molecule has 2 heterocycles. The molecule has 0 saturated carbocycles. The quantitative estimate of drug-likeness (QED) is 0.609. The summed E-state index contributed by atoms with van der Waals surface area (Å²) >= 11 is 0. The molecule has 0 bridgehead atoms. The Morgan fingerprint density at radius 2 is 2.19 bits per heavy atom. The van der Waals surface area contributed by atoms with E-state index in [0.29, 0.717) is 11.8 Å². The van der Waals surface area contributed by atoms with Crippen LogP contribution in [-0.4, -0.2) is 52.5 Å². The van der Waals surface area contributed by atoms with Crippen LogP contribution in [0.3, 0.4) is 0 Å². The Morgan fingerprint density at radius 3 is 2.76 bits per heavy atom. The lowest BCUT2D eigenvalue weighted by atomic mass is 10.0. The van der Waals surface area contributed by atoms with Crippen LogP contribution < -0.4 is 10.6 Å². The zero-order valence-electron chi connectivity index (χ0n) is 12.5. The van der Waals surface area contributed by atoms with E-state index in [1.807, 2.05) is 0 Å². The Kier molecular flexibility index (Phi) is 5.26. The van der Waals surface area contributed by atoms with Crippen molar-refractivity contribution in [3.05, 3.63) is 16.3 Å². The molecule has 2 N–H and O–H groups in total. The highest BCUT2D eigenvalue weighted by Gasteiger charge is 2.23. The largest absolute Gasteiger partial charge is 0.361 e. The molecule has 0 aromatic carbocycles. The lowest BCUT2D eigenvalue weighted by molar-refractivity contribution is -0.384. The number of nitro groups is 1. The molecular weight excluding hydrogens is 272 g/mol. The molecule has 2 rings (SSSR count). The van der Waals surface area contributed by atoms with Crippen LogP contribution in [0.5, 0.6) is 0 Å². The molecule has 8 nitrogen and oxygen atoms in total. The van der Waals surface area contributed by atoms with Gasteiger partial charge in [-0.05, 0) is 25.8 Å². The Morgan fingerprint density at radius 1 is 1.48 bits per heavy atom. The van der Waals surface area contributed by atoms with Crippen LogP contribution >= 0.6 is 0 Å². The Labute approximate surface area is 124 Å². The van der Waals surface area contributed by atoms with E-state index < -0.39 is 4.92 Å².